The molecule has 11 heteroatoms. The smallest absolute Gasteiger partial charge is 0.411 e. The van der Waals surface area contributed by atoms with Crippen LogP contribution in [0.1, 0.15) is 37.2 Å². The zero-order valence-electron chi connectivity index (χ0n) is 18.8. The lowest BCUT2D eigenvalue weighted by atomic mass is 9.96. The molecule has 2 heterocycles. The van der Waals surface area contributed by atoms with E-state index in [2.05, 4.69) is 20.5 Å². The first-order chi connectivity index (χ1) is 16.6. The van der Waals surface area contributed by atoms with E-state index in [0.29, 0.717) is 16.8 Å². The van der Waals surface area contributed by atoms with Crippen molar-refractivity contribution in [1.29, 1.82) is 0 Å². The number of rotatable bonds is 6. The minimum atomic E-state index is -4.89. The molecule has 2 aromatic heterocycles. The number of alkyl halides is 3. The van der Waals surface area contributed by atoms with Gasteiger partial charge in [0.15, 0.2) is 0 Å². The average Bonchev–Trinajstić information content (AvgIpc) is 3.30. The highest BCUT2D eigenvalue weighted by Crippen LogP contribution is 2.40. The average molecular weight is 487 g/mol. The van der Waals surface area contributed by atoms with Crippen molar-refractivity contribution in [2.75, 3.05) is 0 Å². The second kappa shape index (κ2) is 9.06. The summed E-state index contributed by atoms with van der Waals surface area (Å²) in [4.78, 5) is 4.54. The number of oxime groups is 1. The highest BCUT2D eigenvalue weighted by atomic mass is 19.4. The number of hydrogen-bond acceptors (Lipinski definition) is 6. The van der Waals surface area contributed by atoms with Crippen LogP contribution in [0.3, 0.4) is 0 Å². The van der Waals surface area contributed by atoms with E-state index in [4.69, 9.17) is 0 Å². The van der Waals surface area contributed by atoms with Crippen LogP contribution in [-0.2, 0) is 12.1 Å². The molecule has 0 bridgehead atoms. The van der Waals surface area contributed by atoms with E-state index in [1.807, 2.05) is 0 Å². The summed E-state index contributed by atoms with van der Waals surface area (Å²) in [5.41, 5.74) is -0.341. The molecule has 0 amide bonds. The highest BCUT2D eigenvalue weighted by molar-refractivity contribution is 6.03. The van der Waals surface area contributed by atoms with Gasteiger partial charge in [-0.25, -0.2) is 14.1 Å². The van der Waals surface area contributed by atoms with Gasteiger partial charge >= 0.3 is 6.18 Å². The van der Waals surface area contributed by atoms with Gasteiger partial charge in [0.1, 0.15) is 17.2 Å². The maximum absolute atomic E-state index is 13.4. The van der Waals surface area contributed by atoms with Crippen LogP contribution in [0.25, 0.3) is 22.0 Å². The van der Waals surface area contributed by atoms with E-state index in [9.17, 15) is 27.9 Å². The van der Waals surface area contributed by atoms with Gasteiger partial charge in [-0.05, 0) is 54.3 Å². The van der Waals surface area contributed by atoms with Crippen molar-refractivity contribution < 1.29 is 27.9 Å². The number of benzene rings is 2. The third-order valence-electron chi connectivity index (χ3n) is 5.84. The molecule has 4 rings (SSSR count). The summed E-state index contributed by atoms with van der Waals surface area (Å²) in [5, 5.41) is 30.6. The van der Waals surface area contributed by atoms with Crippen molar-refractivity contribution in [3.8, 4) is 11.1 Å². The van der Waals surface area contributed by atoms with Crippen LogP contribution in [0.15, 0.2) is 59.9 Å². The number of fused-ring (bicyclic) bond motifs is 1. The molecule has 1 atom stereocenters. The van der Waals surface area contributed by atoms with Crippen LogP contribution < -0.4 is 0 Å². The molecule has 0 aliphatic carbocycles. The Morgan fingerprint density at radius 1 is 1.09 bits per heavy atom. The molecule has 4 aromatic rings. The van der Waals surface area contributed by atoms with Gasteiger partial charge in [0.05, 0.1) is 24.0 Å². The number of aromatic nitrogens is 4. The monoisotopic (exact) mass is 487 g/mol. The Labute approximate surface area is 197 Å². The van der Waals surface area contributed by atoms with Gasteiger partial charge in [0.2, 0.25) is 5.60 Å². The van der Waals surface area contributed by atoms with Crippen molar-refractivity contribution in [3.05, 3.63) is 77.5 Å². The van der Waals surface area contributed by atoms with Gasteiger partial charge in [-0.2, -0.15) is 13.2 Å². The topological polar surface area (TPSA) is 96.4 Å². The van der Waals surface area contributed by atoms with E-state index < -0.39 is 23.9 Å². The van der Waals surface area contributed by atoms with Crippen LogP contribution in [0.2, 0.25) is 0 Å². The zero-order chi connectivity index (χ0) is 25.4. The van der Waals surface area contributed by atoms with E-state index >= 15 is 0 Å². The SMILES string of the molecule is CC[C@](O)(c1cn(Cc2ccc3c(-c4ccc(F)cc4)cc(/C(C)=N\O)nc3c2)nn1)C(F)(F)F. The third kappa shape index (κ3) is 4.59. The summed E-state index contributed by atoms with van der Waals surface area (Å²) in [6, 6.07) is 12.9. The Morgan fingerprint density at radius 2 is 1.80 bits per heavy atom. The molecule has 0 saturated carbocycles. The number of halogens is 4. The standard InChI is InChI=1S/C24H21F4N5O2/c1-3-23(34,24(26,27)28)22-13-33(32-30-22)12-15-4-9-18-19(16-5-7-17(25)8-6-16)11-20(14(2)31-35)29-21(18)10-15/h4-11,13,34-35H,3,12H2,1-2H3/b31-14-/t23-/m0/s1. The van der Waals surface area contributed by atoms with E-state index in [0.717, 1.165) is 22.7 Å². The summed E-state index contributed by atoms with van der Waals surface area (Å²) in [5.74, 6) is -0.379. The van der Waals surface area contributed by atoms with Gasteiger partial charge in [-0.1, -0.05) is 41.6 Å². The molecule has 182 valence electrons. The summed E-state index contributed by atoms with van der Waals surface area (Å²) in [7, 11) is 0. The maximum atomic E-state index is 13.4. The first kappa shape index (κ1) is 24.3. The van der Waals surface area contributed by atoms with Gasteiger partial charge in [-0.15, -0.1) is 5.10 Å². The van der Waals surface area contributed by atoms with Crippen molar-refractivity contribution in [3.63, 3.8) is 0 Å². The van der Waals surface area contributed by atoms with Crippen LogP contribution in [0, 0.1) is 5.82 Å². The van der Waals surface area contributed by atoms with Crippen LogP contribution in [-0.4, -0.2) is 42.2 Å². The summed E-state index contributed by atoms with van der Waals surface area (Å²) in [6.07, 6.45) is -4.43. The Hall–Kier alpha value is -3.86. The van der Waals surface area contributed by atoms with E-state index in [-0.39, 0.29) is 18.1 Å². The molecule has 2 N–H and O–H groups in total. The molecule has 0 fully saturated rings. The lowest BCUT2D eigenvalue weighted by molar-refractivity contribution is -0.269. The molecular weight excluding hydrogens is 466 g/mol. The van der Waals surface area contributed by atoms with Crippen molar-refractivity contribution in [1.82, 2.24) is 20.0 Å². The number of hydrogen-bond donors (Lipinski definition) is 2. The second-order valence-electron chi connectivity index (χ2n) is 8.11. The minimum absolute atomic E-state index is 0.0749. The quantitative estimate of drug-likeness (QED) is 0.172. The van der Waals surface area contributed by atoms with Gasteiger partial charge in [0.25, 0.3) is 0 Å². The van der Waals surface area contributed by atoms with Crippen LogP contribution in [0.5, 0.6) is 0 Å². The molecular formula is C24H21F4N5O2. The Kier molecular flexibility index (Phi) is 6.28. The van der Waals surface area contributed by atoms with Gasteiger partial charge < -0.3 is 10.3 Å². The van der Waals surface area contributed by atoms with E-state index in [1.54, 1.807) is 43.3 Å². The van der Waals surface area contributed by atoms with E-state index in [1.165, 1.54) is 23.7 Å². The summed E-state index contributed by atoms with van der Waals surface area (Å²) < 4.78 is 54.7. The first-order valence-electron chi connectivity index (χ1n) is 10.6. The highest BCUT2D eigenvalue weighted by Gasteiger charge is 2.55. The van der Waals surface area contributed by atoms with Crippen molar-refractivity contribution >= 4 is 16.6 Å². The Morgan fingerprint density at radius 3 is 2.43 bits per heavy atom. The molecule has 0 unspecified atom stereocenters. The van der Waals surface area contributed by atoms with Crippen molar-refractivity contribution in [2.24, 2.45) is 5.16 Å². The summed E-state index contributed by atoms with van der Waals surface area (Å²) in [6.45, 7) is 2.87. The second-order valence-corrected chi connectivity index (χ2v) is 8.11. The largest absolute Gasteiger partial charge is 0.423 e. The number of aliphatic hydroxyl groups is 1. The Balaban J connectivity index is 1.75. The maximum Gasteiger partial charge on any atom is 0.423 e. The fraction of sp³-hybridized carbons (Fsp3) is 0.250. The molecule has 0 radical (unpaired) electrons. The molecule has 0 saturated heterocycles. The van der Waals surface area contributed by atoms with Gasteiger partial charge in [0, 0.05) is 5.39 Å². The minimum Gasteiger partial charge on any atom is -0.411 e. The predicted octanol–water partition coefficient (Wildman–Crippen LogP) is 5.04. The normalized spacial score (nSPS) is 14.3. The Bertz CT molecular complexity index is 1400. The molecule has 35 heavy (non-hydrogen) atoms. The number of pyridine rings is 1. The van der Waals surface area contributed by atoms with Crippen molar-refractivity contribution in [2.45, 2.75) is 38.6 Å². The summed E-state index contributed by atoms with van der Waals surface area (Å²) >= 11 is 0. The number of nitrogens with zero attached hydrogens (tertiary/aromatic N) is 5. The predicted molar refractivity (Wildman–Crippen MR) is 121 cm³/mol. The fourth-order valence-electron chi connectivity index (χ4n) is 3.76. The molecule has 7 nitrogen and oxygen atoms in total. The molecule has 0 aliphatic rings. The molecule has 0 aliphatic heterocycles. The lowest BCUT2D eigenvalue weighted by Gasteiger charge is -2.26. The molecule has 0 spiro atoms. The van der Waals surface area contributed by atoms with Gasteiger partial charge in [-0.3, -0.25) is 0 Å². The third-order valence-corrected chi connectivity index (χ3v) is 5.84. The first-order valence-corrected chi connectivity index (χ1v) is 10.6. The molecule has 2 aromatic carbocycles. The fourth-order valence-corrected chi connectivity index (χ4v) is 3.76. The van der Waals surface area contributed by atoms with Crippen LogP contribution in [0.4, 0.5) is 17.6 Å². The van der Waals surface area contributed by atoms with Crippen LogP contribution >= 0.6 is 0 Å². The zero-order valence-corrected chi connectivity index (χ0v) is 18.8. The lowest BCUT2D eigenvalue weighted by Crippen LogP contribution is -2.42.